The van der Waals surface area contributed by atoms with Crippen LogP contribution in [0.4, 0.5) is 8.78 Å². The molecule has 2 amide bonds. The highest BCUT2D eigenvalue weighted by Gasteiger charge is 2.15. The summed E-state index contributed by atoms with van der Waals surface area (Å²) in [6, 6.07) is 7.85. The molecule has 0 heterocycles. The van der Waals surface area contributed by atoms with E-state index in [2.05, 4.69) is 17.2 Å². The van der Waals surface area contributed by atoms with Gasteiger partial charge in [0.25, 0.3) is 11.8 Å². The quantitative estimate of drug-likeness (QED) is 0.646. The first-order chi connectivity index (χ1) is 13.8. The number of halogens is 3. The third-order valence-corrected chi connectivity index (χ3v) is 4.01. The lowest BCUT2D eigenvalue weighted by atomic mass is 10.1. The summed E-state index contributed by atoms with van der Waals surface area (Å²) in [4.78, 5) is 24.0. The lowest BCUT2D eigenvalue weighted by molar-refractivity contribution is -0.122. The molecule has 154 valence electrons. The Kier molecular flexibility index (Phi) is 7.97. The Balaban J connectivity index is 1.75. The molecule has 29 heavy (non-hydrogen) atoms. The van der Waals surface area contributed by atoms with E-state index in [0.717, 1.165) is 6.07 Å². The molecule has 2 aromatic carbocycles. The van der Waals surface area contributed by atoms with E-state index in [1.54, 1.807) is 0 Å². The standard InChI is InChI=1S/C20H19ClF2N2O4/c1-12(25-18(26)11-29-13-6-7-15(21)17(23)10-13)8-9-24-20(27)14-4-3-5-16(22)19(14)28-2/h3-7,10H,1,8-9,11H2,2H3,(H,24,27)(H,25,26). The molecule has 0 aromatic heterocycles. The monoisotopic (exact) mass is 424 g/mol. The Morgan fingerprint density at radius 2 is 1.93 bits per heavy atom. The molecule has 0 bridgehead atoms. The molecule has 0 saturated heterocycles. The highest BCUT2D eigenvalue weighted by molar-refractivity contribution is 6.30. The van der Waals surface area contributed by atoms with Crippen molar-refractivity contribution >= 4 is 23.4 Å². The van der Waals surface area contributed by atoms with Gasteiger partial charge in [-0.3, -0.25) is 9.59 Å². The van der Waals surface area contributed by atoms with Gasteiger partial charge in [-0.1, -0.05) is 24.2 Å². The van der Waals surface area contributed by atoms with Crippen molar-refractivity contribution < 1.29 is 27.8 Å². The number of amides is 2. The minimum absolute atomic E-state index is 0.0481. The topological polar surface area (TPSA) is 76.7 Å². The van der Waals surface area contributed by atoms with Gasteiger partial charge >= 0.3 is 0 Å². The van der Waals surface area contributed by atoms with E-state index >= 15 is 0 Å². The summed E-state index contributed by atoms with van der Waals surface area (Å²) in [6.45, 7) is 3.49. The molecule has 0 radical (unpaired) electrons. The van der Waals surface area contributed by atoms with Crippen LogP contribution >= 0.6 is 11.6 Å². The highest BCUT2D eigenvalue weighted by atomic mass is 35.5. The van der Waals surface area contributed by atoms with Crippen LogP contribution in [0.5, 0.6) is 11.5 Å². The molecule has 0 atom stereocenters. The van der Waals surface area contributed by atoms with Crippen LogP contribution in [0, 0.1) is 11.6 Å². The number of para-hydroxylation sites is 1. The minimum atomic E-state index is -0.653. The molecular formula is C20H19ClF2N2O4. The van der Waals surface area contributed by atoms with Crippen molar-refractivity contribution in [2.75, 3.05) is 20.3 Å². The highest BCUT2D eigenvalue weighted by Crippen LogP contribution is 2.22. The van der Waals surface area contributed by atoms with E-state index < -0.39 is 23.4 Å². The summed E-state index contributed by atoms with van der Waals surface area (Å²) in [5.41, 5.74) is 0.401. The van der Waals surface area contributed by atoms with Crippen LogP contribution in [0.25, 0.3) is 0 Å². The van der Waals surface area contributed by atoms with Gasteiger partial charge in [0.05, 0.1) is 17.7 Å². The Hall–Kier alpha value is -3.13. The SMILES string of the molecule is C=C(CCNC(=O)c1cccc(F)c1OC)NC(=O)COc1ccc(Cl)c(F)c1. The Morgan fingerprint density at radius 1 is 1.17 bits per heavy atom. The van der Waals surface area contributed by atoms with Crippen molar-refractivity contribution in [1.29, 1.82) is 0 Å². The van der Waals surface area contributed by atoms with E-state index in [1.807, 2.05) is 0 Å². The van der Waals surface area contributed by atoms with Gasteiger partial charge in [-0.05, 0) is 24.3 Å². The van der Waals surface area contributed by atoms with Crippen LogP contribution in [-0.4, -0.2) is 32.1 Å². The second kappa shape index (κ2) is 10.4. The number of rotatable bonds is 9. The lowest BCUT2D eigenvalue weighted by Crippen LogP contribution is -2.31. The zero-order valence-corrected chi connectivity index (χ0v) is 16.3. The second-order valence-electron chi connectivity index (χ2n) is 5.84. The fraction of sp³-hybridized carbons (Fsp3) is 0.200. The number of benzene rings is 2. The molecule has 0 spiro atoms. The number of ether oxygens (including phenoxy) is 2. The number of methoxy groups -OCH3 is 1. The molecule has 2 aromatic rings. The van der Waals surface area contributed by atoms with E-state index in [9.17, 15) is 18.4 Å². The van der Waals surface area contributed by atoms with Gasteiger partial charge in [0.15, 0.2) is 18.2 Å². The number of carbonyl (C=O) groups excluding carboxylic acids is 2. The zero-order chi connectivity index (χ0) is 21.4. The number of nitrogens with one attached hydrogen (secondary N) is 2. The largest absolute Gasteiger partial charge is 0.493 e. The maximum absolute atomic E-state index is 13.6. The molecule has 9 heteroatoms. The average Bonchev–Trinajstić information content (AvgIpc) is 2.68. The Morgan fingerprint density at radius 3 is 2.62 bits per heavy atom. The first-order valence-electron chi connectivity index (χ1n) is 8.48. The van der Waals surface area contributed by atoms with E-state index in [-0.39, 0.29) is 41.7 Å². The summed E-state index contributed by atoms with van der Waals surface area (Å²) >= 11 is 5.57. The van der Waals surface area contributed by atoms with Crippen molar-refractivity contribution in [1.82, 2.24) is 10.6 Å². The normalized spacial score (nSPS) is 10.2. The predicted molar refractivity (Wildman–Crippen MR) is 104 cm³/mol. The van der Waals surface area contributed by atoms with Gasteiger partial charge in [-0.25, -0.2) is 8.78 Å². The van der Waals surface area contributed by atoms with Crippen LogP contribution in [0.3, 0.4) is 0 Å². The molecule has 0 saturated carbocycles. The summed E-state index contributed by atoms with van der Waals surface area (Å²) in [5.74, 6) is -2.30. The first-order valence-corrected chi connectivity index (χ1v) is 8.85. The first kappa shape index (κ1) is 22.2. The number of carbonyl (C=O) groups is 2. The van der Waals surface area contributed by atoms with Crippen molar-refractivity contribution in [3.05, 3.63) is 70.9 Å². The molecule has 0 aliphatic carbocycles. The molecule has 0 fully saturated rings. The molecule has 0 aliphatic rings. The third kappa shape index (κ3) is 6.46. The van der Waals surface area contributed by atoms with Gasteiger partial charge in [-0.15, -0.1) is 0 Å². The van der Waals surface area contributed by atoms with Crippen molar-refractivity contribution in [2.24, 2.45) is 0 Å². The smallest absolute Gasteiger partial charge is 0.262 e. The van der Waals surface area contributed by atoms with Gasteiger partial charge in [0, 0.05) is 24.7 Å². The van der Waals surface area contributed by atoms with Crippen molar-refractivity contribution in [2.45, 2.75) is 6.42 Å². The predicted octanol–water partition coefficient (Wildman–Crippen LogP) is 3.46. The molecule has 0 aliphatic heterocycles. The molecule has 0 unspecified atom stereocenters. The van der Waals surface area contributed by atoms with Crippen LogP contribution in [0.2, 0.25) is 5.02 Å². The van der Waals surface area contributed by atoms with Gasteiger partial charge in [-0.2, -0.15) is 0 Å². The van der Waals surface area contributed by atoms with Crippen LogP contribution in [-0.2, 0) is 4.79 Å². The maximum atomic E-state index is 13.6. The lowest BCUT2D eigenvalue weighted by Gasteiger charge is -2.12. The summed E-state index contributed by atoms with van der Waals surface area (Å²) in [7, 11) is 1.27. The fourth-order valence-electron chi connectivity index (χ4n) is 2.33. The van der Waals surface area contributed by atoms with E-state index in [4.69, 9.17) is 21.1 Å². The molecule has 2 N–H and O–H groups in total. The second-order valence-corrected chi connectivity index (χ2v) is 6.25. The summed E-state index contributed by atoms with van der Waals surface area (Å²) in [6.07, 6.45) is 0.241. The fourth-order valence-corrected chi connectivity index (χ4v) is 2.45. The molecule has 2 rings (SSSR count). The zero-order valence-electron chi connectivity index (χ0n) is 15.6. The van der Waals surface area contributed by atoms with Crippen LogP contribution in [0.1, 0.15) is 16.8 Å². The number of hydrogen-bond acceptors (Lipinski definition) is 4. The number of hydrogen-bond donors (Lipinski definition) is 2. The summed E-state index contributed by atoms with van der Waals surface area (Å²) in [5, 5.41) is 5.05. The van der Waals surface area contributed by atoms with Gasteiger partial charge in [0.2, 0.25) is 0 Å². The molecule has 6 nitrogen and oxygen atoms in total. The van der Waals surface area contributed by atoms with E-state index in [1.165, 1.54) is 37.4 Å². The van der Waals surface area contributed by atoms with Gasteiger partial charge < -0.3 is 20.1 Å². The Labute approximate surface area is 171 Å². The van der Waals surface area contributed by atoms with Crippen molar-refractivity contribution in [3.63, 3.8) is 0 Å². The van der Waals surface area contributed by atoms with Crippen LogP contribution in [0.15, 0.2) is 48.7 Å². The summed E-state index contributed by atoms with van der Waals surface area (Å²) < 4.78 is 37.0. The van der Waals surface area contributed by atoms with E-state index in [0.29, 0.717) is 5.70 Å². The van der Waals surface area contributed by atoms with Crippen molar-refractivity contribution in [3.8, 4) is 11.5 Å². The average molecular weight is 425 g/mol. The van der Waals surface area contributed by atoms with Gasteiger partial charge in [0.1, 0.15) is 11.6 Å². The Bertz CT molecular complexity index is 921. The third-order valence-electron chi connectivity index (χ3n) is 3.71. The molecular weight excluding hydrogens is 406 g/mol. The maximum Gasteiger partial charge on any atom is 0.262 e. The van der Waals surface area contributed by atoms with Crippen LogP contribution < -0.4 is 20.1 Å². The minimum Gasteiger partial charge on any atom is -0.493 e.